The van der Waals surface area contributed by atoms with E-state index in [-0.39, 0.29) is 49.1 Å². The summed E-state index contributed by atoms with van der Waals surface area (Å²) in [6, 6.07) is 0. The fourth-order valence-corrected chi connectivity index (χ4v) is 6.28. The van der Waals surface area contributed by atoms with E-state index in [0.29, 0.717) is 0 Å². The van der Waals surface area contributed by atoms with Gasteiger partial charge >= 0.3 is 0 Å². The van der Waals surface area contributed by atoms with Gasteiger partial charge in [-0.25, -0.2) is 0 Å². The van der Waals surface area contributed by atoms with Crippen LogP contribution in [0.3, 0.4) is 0 Å². The predicted octanol–water partition coefficient (Wildman–Crippen LogP) is 5.37. The Bertz CT molecular complexity index is 924. The van der Waals surface area contributed by atoms with E-state index in [1.165, 1.54) is 9.80 Å². The molecule has 8 heteroatoms. The molecule has 0 aromatic heterocycles. The van der Waals surface area contributed by atoms with Crippen LogP contribution in [0.2, 0.25) is 0 Å². The van der Waals surface area contributed by atoms with Crippen molar-refractivity contribution in [3.05, 3.63) is 0 Å². The summed E-state index contributed by atoms with van der Waals surface area (Å²) in [5.41, 5.74) is -2.50. The minimum Gasteiger partial charge on any atom is -0.367 e. The number of carbonyl (C=O) groups excluding carboxylic acids is 5. The summed E-state index contributed by atoms with van der Waals surface area (Å²) in [7, 11) is 0. The lowest BCUT2D eigenvalue weighted by Gasteiger charge is -2.35. The van der Waals surface area contributed by atoms with Crippen LogP contribution in [0.15, 0.2) is 0 Å². The van der Waals surface area contributed by atoms with Crippen LogP contribution in [0.1, 0.15) is 104 Å². The zero-order valence-electron chi connectivity index (χ0n) is 28.4. The molecule has 0 aliphatic carbocycles. The molecule has 2 aliphatic rings. The molecule has 234 valence electrons. The zero-order valence-corrected chi connectivity index (χ0v) is 28.4. The molecule has 0 spiro atoms. The van der Waals surface area contributed by atoms with Gasteiger partial charge in [0.2, 0.25) is 23.6 Å². The van der Waals surface area contributed by atoms with Crippen LogP contribution in [0, 0.1) is 50.7 Å². The van der Waals surface area contributed by atoms with Crippen LogP contribution in [0.25, 0.3) is 0 Å². The third kappa shape index (κ3) is 7.47. The number of imide groups is 2. The second kappa shape index (κ2) is 11.2. The largest absolute Gasteiger partial charge is 0.367 e. The van der Waals surface area contributed by atoms with Crippen molar-refractivity contribution >= 4 is 29.4 Å². The van der Waals surface area contributed by atoms with Gasteiger partial charge < -0.3 is 4.74 Å². The fraction of sp³-hybridized carbons (Fsp3) is 0.848. The van der Waals surface area contributed by atoms with Crippen LogP contribution in [-0.2, 0) is 28.7 Å². The summed E-state index contributed by atoms with van der Waals surface area (Å²) in [6.07, 6.45) is -0.902. The van der Waals surface area contributed by atoms with Crippen LogP contribution in [0.5, 0.6) is 0 Å². The van der Waals surface area contributed by atoms with Gasteiger partial charge in [0.25, 0.3) is 0 Å². The Morgan fingerprint density at radius 2 is 0.805 bits per heavy atom. The second-order valence-corrected chi connectivity index (χ2v) is 17.6. The van der Waals surface area contributed by atoms with Gasteiger partial charge in [0.15, 0.2) is 5.78 Å². The number of likely N-dealkylation sites (tertiary alicyclic amines) is 2. The summed E-state index contributed by atoms with van der Waals surface area (Å²) < 4.78 is 6.09. The van der Waals surface area contributed by atoms with Gasteiger partial charge in [0.1, 0.15) is 6.61 Å². The maximum absolute atomic E-state index is 13.8. The van der Waals surface area contributed by atoms with E-state index >= 15 is 0 Å². The van der Waals surface area contributed by atoms with E-state index in [1.807, 2.05) is 83.1 Å². The van der Waals surface area contributed by atoms with Crippen molar-refractivity contribution in [2.75, 3.05) is 19.7 Å². The van der Waals surface area contributed by atoms with Crippen LogP contribution >= 0.6 is 0 Å². The SMILES string of the molecule is CC(C)(C)C(=O)COC(CN1C(=O)C(C(C)(C)C)C(C(C)(C)C)C1=O)CN1C(=O)C(C(C)(C)C)C(C(C)(C)C)C1=O. The average molecular weight is 577 g/mol. The number of rotatable bonds is 7. The number of ether oxygens (including phenoxy) is 1. The molecule has 0 N–H and O–H groups in total. The summed E-state index contributed by atoms with van der Waals surface area (Å²) in [6.45, 7) is 28.4. The van der Waals surface area contributed by atoms with E-state index in [0.717, 1.165) is 0 Å². The minimum absolute atomic E-state index is 0.133. The van der Waals surface area contributed by atoms with Gasteiger partial charge in [-0.05, 0) is 21.7 Å². The van der Waals surface area contributed by atoms with Crippen molar-refractivity contribution < 1.29 is 28.7 Å². The standard InChI is InChI=1S/C33H56N2O6/c1-29(2,3)20(36)18-41-19(16-34-25(37)21(30(4,5)6)22(26(34)38)31(7,8)9)17-35-27(39)23(32(10,11)12)24(28(35)40)33(13,14)15/h19,21-24H,16-18H2,1-15H3. The Kier molecular flexibility index (Phi) is 9.59. The van der Waals surface area contributed by atoms with Crippen LogP contribution < -0.4 is 0 Å². The molecule has 0 bridgehead atoms. The van der Waals surface area contributed by atoms with Crippen molar-refractivity contribution in [3.63, 3.8) is 0 Å². The normalized spacial score (nSPS) is 25.9. The first-order valence-corrected chi connectivity index (χ1v) is 15.0. The first-order chi connectivity index (χ1) is 18.1. The Balaban J connectivity index is 2.50. The third-order valence-corrected chi connectivity index (χ3v) is 8.59. The summed E-state index contributed by atoms with van der Waals surface area (Å²) in [4.78, 5) is 70.6. The lowest BCUT2D eigenvalue weighted by molar-refractivity contribution is -0.146. The van der Waals surface area contributed by atoms with Gasteiger partial charge in [-0.3, -0.25) is 33.8 Å². The molecule has 41 heavy (non-hydrogen) atoms. The predicted molar refractivity (Wildman–Crippen MR) is 159 cm³/mol. The number of hydrogen-bond donors (Lipinski definition) is 0. The number of ketones is 1. The fourth-order valence-electron chi connectivity index (χ4n) is 6.28. The zero-order chi connectivity index (χ0) is 32.3. The molecule has 4 atom stereocenters. The van der Waals surface area contributed by atoms with Crippen LogP contribution in [-0.4, -0.2) is 65.0 Å². The highest BCUT2D eigenvalue weighted by Gasteiger charge is 2.58. The molecular weight excluding hydrogens is 520 g/mol. The molecule has 2 aliphatic heterocycles. The molecule has 0 saturated carbocycles. The van der Waals surface area contributed by atoms with Gasteiger partial charge in [0.05, 0.1) is 42.9 Å². The van der Waals surface area contributed by atoms with Crippen LogP contribution in [0.4, 0.5) is 0 Å². The molecule has 4 unspecified atom stereocenters. The molecule has 2 heterocycles. The second-order valence-electron chi connectivity index (χ2n) is 17.6. The van der Waals surface area contributed by atoms with E-state index in [4.69, 9.17) is 4.74 Å². The summed E-state index contributed by atoms with van der Waals surface area (Å²) in [5, 5.41) is 0. The first-order valence-electron chi connectivity index (χ1n) is 15.0. The topological polar surface area (TPSA) is 101 Å². The summed E-state index contributed by atoms with van der Waals surface area (Å²) in [5.74, 6) is -3.39. The summed E-state index contributed by atoms with van der Waals surface area (Å²) >= 11 is 0. The molecule has 0 aromatic carbocycles. The highest BCUT2D eigenvalue weighted by atomic mass is 16.5. The lowest BCUT2D eigenvalue weighted by atomic mass is 9.65. The van der Waals surface area contributed by atoms with Gasteiger partial charge in [-0.1, -0.05) is 104 Å². The molecular formula is C33H56N2O6. The van der Waals surface area contributed by atoms with Gasteiger partial charge in [-0.15, -0.1) is 0 Å². The van der Waals surface area contributed by atoms with E-state index in [9.17, 15) is 24.0 Å². The van der Waals surface area contributed by atoms with Crippen molar-refractivity contribution in [1.29, 1.82) is 0 Å². The molecule has 8 nitrogen and oxygen atoms in total. The lowest BCUT2D eigenvalue weighted by Crippen LogP contribution is -2.47. The number of hydrogen-bond acceptors (Lipinski definition) is 6. The van der Waals surface area contributed by atoms with Crippen molar-refractivity contribution in [2.24, 2.45) is 50.7 Å². The highest BCUT2D eigenvalue weighted by Crippen LogP contribution is 2.49. The van der Waals surface area contributed by atoms with Crippen molar-refractivity contribution in [3.8, 4) is 0 Å². The Morgan fingerprint density at radius 3 is 1.00 bits per heavy atom. The van der Waals surface area contributed by atoms with E-state index < -0.39 is 56.9 Å². The maximum atomic E-state index is 13.8. The smallest absolute Gasteiger partial charge is 0.233 e. The van der Waals surface area contributed by atoms with Gasteiger partial charge in [-0.2, -0.15) is 0 Å². The Hall–Kier alpha value is -2.09. The minimum atomic E-state index is -0.902. The average Bonchev–Trinajstić information content (AvgIpc) is 3.15. The van der Waals surface area contributed by atoms with Crippen molar-refractivity contribution in [1.82, 2.24) is 9.80 Å². The van der Waals surface area contributed by atoms with E-state index in [2.05, 4.69) is 0 Å². The number of nitrogens with zero attached hydrogens (tertiary/aromatic N) is 2. The quantitative estimate of drug-likeness (QED) is 0.378. The third-order valence-electron chi connectivity index (χ3n) is 8.59. The van der Waals surface area contributed by atoms with E-state index in [1.54, 1.807) is 20.8 Å². The highest BCUT2D eigenvalue weighted by molar-refractivity contribution is 6.07. The number of Topliss-reactive ketones (excluding diaryl/α,β-unsaturated/α-hetero) is 1. The number of carbonyl (C=O) groups is 5. The van der Waals surface area contributed by atoms with Gasteiger partial charge in [0, 0.05) is 5.41 Å². The molecule has 4 amide bonds. The molecule has 2 saturated heterocycles. The Labute approximate surface area is 248 Å². The number of amides is 4. The monoisotopic (exact) mass is 576 g/mol. The molecule has 2 fully saturated rings. The molecule has 0 aromatic rings. The first kappa shape index (κ1) is 35.1. The Morgan fingerprint density at radius 1 is 0.561 bits per heavy atom. The maximum Gasteiger partial charge on any atom is 0.233 e. The molecule has 2 rings (SSSR count). The van der Waals surface area contributed by atoms with Crippen molar-refractivity contribution in [2.45, 2.75) is 110 Å². The molecule has 0 radical (unpaired) electrons.